The Morgan fingerprint density at radius 3 is 2.28 bits per heavy atom. The van der Waals surface area contributed by atoms with E-state index < -0.39 is 0 Å². The molecule has 0 bridgehead atoms. The van der Waals surface area contributed by atoms with Crippen LogP contribution in [0.4, 0.5) is 0 Å². The maximum absolute atomic E-state index is 11.2. The molecule has 4 aliphatic carbocycles. The zero-order chi connectivity index (χ0) is 21.0. The van der Waals surface area contributed by atoms with E-state index in [0.29, 0.717) is 23.4 Å². The van der Waals surface area contributed by atoms with Gasteiger partial charge in [-0.1, -0.05) is 20.8 Å². The van der Waals surface area contributed by atoms with E-state index in [1.807, 2.05) is 7.11 Å². The molecule has 0 spiro atoms. The third kappa shape index (κ3) is 3.61. The van der Waals surface area contributed by atoms with Crippen LogP contribution in [-0.4, -0.2) is 35.6 Å². The predicted molar refractivity (Wildman–Crippen MR) is 117 cm³/mol. The summed E-state index contributed by atoms with van der Waals surface area (Å²) in [4.78, 5) is 0. The number of hydrogen-bond donors (Lipinski definition) is 2. The van der Waals surface area contributed by atoms with Crippen molar-refractivity contribution in [2.45, 2.75) is 110 Å². The van der Waals surface area contributed by atoms with Gasteiger partial charge in [0.05, 0.1) is 18.3 Å². The highest BCUT2D eigenvalue weighted by Crippen LogP contribution is 2.68. The van der Waals surface area contributed by atoms with Crippen molar-refractivity contribution >= 4 is 0 Å². The second-order valence-corrected chi connectivity index (χ2v) is 12.0. The summed E-state index contributed by atoms with van der Waals surface area (Å²) in [5.41, 5.74) is 0.689. The number of methoxy groups -OCH3 is 1. The zero-order valence-corrected chi connectivity index (χ0v) is 19.6. The molecule has 2 N–H and O–H groups in total. The first-order valence-corrected chi connectivity index (χ1v) is 12.6. The summed E-state index contributed by atoms with van der Waals surface area (Å²) >= 11 is 0. The summed E-state index contributed by atoms with van der Waals surface area (Å²) in [7, 11) is 1.83. The summed E-state index contributed by atoms with van der Waals surface area (Å²) in [5.74, 6) is 4.13. The molecule has 4 fully saturated rings. The van der Waals surface area contributed by atoms with E-state index in [1.165, 1.54) is 38.5 Å². The van der Waals surface area contributed by atoms with Crippen molar-refractivity contribution in [3.63, 3.8) is 0 Å². The van der Waals surface area contributed by atoms with Gasteiger partial charge >= 0.3 is 0 Å². The molecular weight excluding hydrogens is 360 g/mol. The molecule has 0 aliphatic heterocycles. The number of hydrogen-bond acceptors (Lipinski definition) is 3. The van der Waals surface area contributed by atoms with Gasteiger partial charge in [0.2, 0.25) is 0 Å². The highest BCUT2D eigenvalue weighted by atomic mass is 16.5. The maximum Gasteiger partial charge on any atom is 0.0577 e. The summed E-state index contributed by atoms with van der Waals surface area (Å²) in [5, 5.41) is 21.4. The van der Waals surface area contributed by atoms with E-state index in [1.54, 1.807) is 0 Å². The van der Waals surface area contributed by atoms with Crippen molar-refractivity contribution in [3.8, 4) is 0 Å². The largest absolute Gasteiger partial charge is 0.393 e. The minimum atomic E-state index is -0.211. The van der Waals surface area contributed by atoms with E-state index in [4.69, 9.17) is 4.74 Å². The van der Waals surface area contributed by atoms with E-state index in [2.05, 4.69) is 27.7 Å². The highest BCUT2D eigenvalue weighted by Gasteiger charge is 2.62. The standard InChI is InChI=1S/C26H46O3/c1-16(6-7-17(2)29-5)20-8-9-21-19-15-24(28)23-14-18(27)10-12-26(23,4)22(19)11-13-25(20,21)3/h16-24,27-28H,6-15H2,1-5H3/t16?,17?,18-,19?,20?,21?,22?,23+,24+,25-,26-/m1/s1. The number of rotatable bonds is 5. The Bertz CT molecular complexity index is 578. The fraction of sp³-hybridized carbons (Fsp3) is 1.00. The van der Waals surface area contributed by atoms with Crippen molar-refractivity contribution in [3.05, 3.63) is 0 Å². The molecule has 0 heterocycles. The molecule has 4 saturated carbocycles. The van der Waals surface area contributed by atoms with Crippen molar-refractivity contribution in [1.29, 1.82) is 0 Å². The van der Waals surface area contributed by atoms with Crippen LogP contribution in [0.5, 0.6) is 0 Å². The molecule has 29 heavy (non-hydrogen) atoms. The van der Waals surface area contributed by atoms with Gasteiger partial charge in [-0.3, -0.25) is 0 Å². The fourth-order valence-electron chi connectivity index (χ4n) is 9.07. The minimum absolute atomic E-state index is 0.195. The van der Waals surface area contributed by atoms with Crippen molar-refractivity contribution in [1.82, 2.24) is 0 Å². The van der Waals surface area contributed by atoms with Gasteiger partial charge in [0.15, 0.2) is 0 Å². The lowest BCUT2D eigenvalue weighted by atomic mass is 9.44. The lowest BCUT2D eigenvalue weighted by molar-refractivity contribution is -0.172. The number of fused-ring (bicyclic) bond motifs is 5. The molecule has 3 heteroatoms. The van der Waals surface area contributed by atoms with Crippen LogP contribution in [0.3, 0.4) is 0 Å². The van der Waals surface area contributed by atoms with E-state index in [-0.39, 0.29) is 17.6 Å². The topological polar surface area (TPSA) is 49.7 Å². The lowest BCUT2D eigenvalue weighted by Gasteiger charge is -2.62. The van der Waals surface area contributed by atoms with Crippen LogP contribution in [0.15, 0.2) is 0 Å². The molecule has 3 nitrogen and oxygen atoms in total. The summed E-state index contributed by atoms with van der Waals surface area (Å²) in [6, 6.07) is 0. The van der Waals surface area contributed by atoms with Crippen molar-refractivity contribution in [2.24, 2.45) is 46.3 Å². The predicted octanol–water partition coefficient (Wildman–Crippen LogP) is 5.43. The molecule has 168 valence electrons. The Balaban J connectivity index is 1.51. The molecule has 4 rings (SSSR count). The van der Waals surface area contributed by atoms with Gasteiger partial charge in [-0.15, -0.1) is 0 Å². The van der Waals surface area contributed by atoms with Crippen LogP contribution in [-0.2, 0) is 4.74 Å². The molecule has 0 aromatic heterocycles. The molecule has 0 aromatic rings. The summed E-state index contributed by atoms with van der Waals surface area (Å²) < 4.78 is 5.50. The van der Waals surface area contributed by atoms with Crippen molar-refractivity contribution < 1.29 is 14.9 Å². The van der Waals surface area contributed by atoms with Crippen molar-refractivity contribution in [2.75, 3.05) is 7.11 Å². The summed E-state index contributed by atoms with van der Waals surface area (Å²) in [6.07, 6.45) is 11.7. The van der Waals surface area contributed by atoms with Crippen LogP contribution in [0, 0.1) is 46.3 Å². The molecule has 0 aromatic carbocycles. The SMILES string of the molecule is COC(C)CCC(C)C1CCC2C3C[C@H](O)[C@@H]4C[C@H](O)CC[C@]4(C)C3CC[C@]12C. The Morgan fingerprint density at radius 2 is 1.55 bits per heavy atom. The molecule has 11 atom stereocenters. The molecule has 0 radical (unpaired) electrons. The van der Waals surface area contributed by atoms with Crippen LogP contribution in [0.2, 0.25) is 0 Å². The van der Waals surface area contributed by atoms with Crippen LogP contribution in [0.1, 0.15) is 91.9 Å². The second-order valence-electron chi connectivity index (χ2n) is 12.0. The fourth-order valence-corrected chi connectivity index (χ4v) is 9.07. The van der Waals surface area contributed by atoms with E-state index in [0.717, 1.165) is 49.4 Å². The number of ether oxygens (including phenoxy) is 1. The third-order valence-corrected chi connectivity index (χ3v) is 10.8. The van der Waals surface area contributed by atoms with Gasteiger partial charge in [0.25, 0.3) is 0 Å². The van der Waals surface area contributed by atoms with Gasteiger partial charge in [-0.25, -0.2) is 0 Å². The lowest BCUT2D eigenvalue weighted by Crippen LogP contribution is -2.58. The number of aliphatic hydroxyl groups excluding tert-OH is 2. The molecule has 6 unspecified atom stereocenters. The van der Waals surface area contributed by atoms with Gasteiger partial charge in [-0.2, -0.15) is 0 Å². The normalized spacial score (nSPS) is 51.6. The molecule has 0 amide bonds. The number of aliphatic hydroxyl groups is 2. The third-order valence-electron chi connectivity index (χ3n) is 10.8. The molecular formula is C26H46O3. The molecule has 4 aliphatic rings. The van der Waals surface area contributed by atoms with Gasteiger partial charge in [0.1, 0.15) is 0 Å². The average molecular weight is 407 g/mol. The Kier molecular flexibility index (Phi) is 6.17. The van der Waals surface area contributed by atoms with Gasteiger partial charge < -0.3 is 14.9 Å². The first kappa shape index (κ1) is 22.1. The average Bonchev–Trinajstić information content (AvgIpc) is 3.05. The monoisotopic (exact) mass is 406 g/mol. The van der Waals surface area contributed by atoms with Crippen LogP contribution >= 0.6 is 0 Å². The quantitative estimate of drug-likeness (QED) is 0.640. The Hall–Kier alpha value is -0.120. The minimum Gasteiger partial charge on any atom is -0.393 e. The highest BCUT2D eigenvalue weighted by molar-refractivity contribution is 5.11. The Labute approximate surface area is 179 Å². The Morgan fingerprint density at radius 1 is 0.862 bits per heavy atom. The smallest absolute Gasteiger partial charge is 0.0577 e. The maximum atomic E-state index is 11.2. The first-order valence-electron chi connectivity index (χ1n) is 12.6. The second kappa shape index (κ2) is 8.10. The zero-order valence-electron chi connectivity index (χ0n) is 19.6. The first-order chi connectivity index (χ1) is 13.7. The van der Waals surface area contributed by atoms with Crippen LogP contribution < -0.4 is 0 Å². The van der Waals surface area contributed by atoms with Gasteiger partial charge in [-0.05, 0) is 117 Å². The van der Waals surface area contributed by atoms with Crippen LogP contribution in [0.25, 0.3) is 0 Å². The van der Waals surface area contributed by atoms with Gasteiger partial charge in [0, 0.05) is 7.11 Å². The van der Waals surface area contributed by atoms with E-state index >= 15 is 0 Å². The van der Waals surface area contributed by atoms with E-state index in [9.17, 15) is 10.2 Å². The summed E-state index contributed by atoms with van der Waals surface area (Å²) in [6.45, 7) is 9.75. The molecule has 0 saturated heterocycles.